The first-order valence-corrected chi connectivity index (χ1v) is 3.03. The molecule has 0 unspecified atom stereocenters. The molecule has 1 N–H and O–H groups in total. The maximum absolute atomic E-state index is 8.81. The Morgan fingerprint density at radius 3 is 2.25 bits per heavy atom. The van der Waals surface area contributed by atoms with E-state index in [1.165, 1.54) is 0 Å². The fourth-order valence-corrected chi connectivity index (χ4v) is 0.580. The summed E-state index contributed by atoms with van der Waals surface area (Å²) in [6, 6.07) is 0. The number of nitrogens with zero attached hydrogens (tertiary/aromatic N) is 1. The number of aliphatic hydroxyl groups is 1. The lowest BCUT2D eigenvalue weighted by Gasteiger charge is -2.14. The minimum Gasteiger partial charge on any atom is -0.392 e. The van der Waals surface area contributed by atoms with Crippen LogP contribution in [0, 0.1) is 0 Å². The lowest BCUT2D eigenvalue weighted by Crippen LogP contribution is -2.26. The second-order valence-corrected chi connectivity index (χ2v) is 2.20. The minimum absolute atomic E-state index is 0.194. The number of aliphatic hydroxyl groups excluding tert-OH is 1. The molecule has 0 rings (SSSR count). The second-order valence-electron chi connectivity index (χ2n) is 2.20. The van der Waals surface area contributed by atoms with Crippen LogP contribution in [0.25, 0.3) is 0 Å². The Kier molecular flexibility index (Phi) is 3.83. The third-order valence-electron chi connectivity index (χ3n) is 1.12. The van der Waals surface area contributed by atoms with Gasteiger partial charge in [-0.3, -0.25) is 0 Å². The van der Waals surface area contributed by atoms with Crippen molar-refractivity contribution >= 4 is 0 Å². The topological polar surface area (TPSA) is 23.5 Å². The van der Waals surface area contributed by atoms with E-state index in [1.54, 1.807) is 6.92 Å². The Morgan fingerprint density at radius 2 is 2.12 bits per heavy atom. The molecule has 1 atom stereocenters. The van der Waals surface area contributed by atoms with Gasteiger partial charge in [0.1, 0.15) is 0 Å². The van der Waals surface area contributed by atoms with Gasteiger partial charge in [-0.1, -0.05) is 6.92 Å². The van der Waals surface area contributed by atoms with Crippen LogP contribution in [0.3, 0.4) is 0 Å². The van der Waals surface area contributed by atoms with Gasteiger partial charge in [0.25, 0.3) is 0 Å². The van der Waals surface area contributed by atoms with Crippen LogP contribution in [0.1, 0.15) is 13.8 Å². The SMILES string of the molecule is CCN(C)C[C@@H](C)O. The molecule has 2 heteroatoms. The Labute approximate surface area is 51.1 Å². The molecule has 0 saturated carbocycles. The van der Waals surface area contributed by atoms with Crippen LogP contribution in [-0.4, -0.2) is 36.2 Å². The van der Waals surface area contributed by atoms with E-state index >= 15 is 0 Å². The van der Waals surface area contributed by atoms with E-state index in [0.717, 1.165) is 13.1 Å². The molecule has 0 spiro atoms. The van der Waals surface area contributed by atoms with Gasteiger partial charge in [-0.25, -0.2) is 0 Å². The van der Waals surface area contributed by atoms with E-state index in [0.29, 0.717) is 0 Å². The highest BCUT2D eigenvalue weighted by Gasteiger charge is 1.97. The Bertz CT molecular complexity index is 54.5. The summed E-state index contributed by atoms with van der Waals surface area (Å²) in [7, 11) is 1.99. The molecule has 0 bridgehead atoms. The van der Waals surface area contributed by atoms with E-state index in [2.05, 4.69) is 11.8 Å². The van der Waals surface area contributed by atoms with E-state index < -0.39 is 0 Å². The fourth-order valence-electron chi connectivity index (χ4n) is 0.580. The average Bonchev–Trinajstić information content (AvgIpc) is 1.65. The summed E-state index contributed by atoms with van der Waals surface area (Å²) in [4.78, 5) is 2.07. The van der Waals surface area contributed by atoms with Gasteiger partial charge in [0.2, 0.25) is 0 Å². The molecule has 8 heavy (non-hydrogen) atoms. The maximum atomic E-state index is 8.81. The normalized spacial score (nSPS) is 14.6. The van der Waals surface area contributed by atoms with Crippen LogP contribution in [0.15, 0.2) is 0 Å². The van der Waals surface area contributed by atoms with E-state index in [1.807, 2.05) is 7.05 Å². The van der Waals surface area contributed by atoms with Gasteiger partial charge in [-0.05, 0) is 20.5 Å². The third-order valence-corrected chi connectivity index (χ3v) is 1.12. The zero-order chi connectivity index (χ0) is 6.57. The Balaban J connectivity index is 3.10. The van der Waals surface area contributed by atoms with Gasteiger partial charge in [0, 0.05) is 6.54 Å². The molecule has 0 aromatic heterocycles. The molecule has 50 valence electrons. The van der Waals surface area contributed by atoms with E-state index in [4.69, 9.17) is 5.11 Å². The highest BCUT2D eigenvalue weighted by molar-refractivity contribution is 4.51. The lowest BCUT2D eigenvalue weighted by molar-refractivity contribution is 0.144. The molecule has 0 heterocycles. The predicted octanol–water partition coefficient (Wildman–Crippen LogP) is 0.319. The molecule has 0 fully saturated rings. The number of hydrogen-bond donors (Lipinski definition) is 1. The zero-order valence-electron chi connectivity index (χ0n) is 5.89. The van der Waals surface area contributed by atoms with Crippen molar-refractivity contribution in [2.75, 3.05) is 20.1 Å². The molecule has 0 aliphatic heterocycles. The standard InChI is InChI=1S/C6H15NO/c1-4-7(3)5-6(2)8/h6,8H,4-5H2,1-3H3/t6-/m1/s1. The Hall–Kier alpha value is -0.0800. The summed E-state index contributed by atoms with van der Waals surface area (Å²) in [5.74, 6) is 0. The number of hydrogen-bond acceptors (Lipinski definition) is 2. The second kappa shape index (κ2) is 3.87. The van der Waals surface area contributed by atoms with Gasteiger partial charge < -0.3 is 10.0 Å². The van der Waals surface area contributed by atoms with Crippen molar-refractivity contribution in [2.45, 2.75) is 20.0 Å². The summed E-state index contributed by atoms with van der Waals surface area (Å²) >= 11 is 0. The first kappa shape index (κ1) is 7.92. The summed E-state index contributed by atoms with van der Waals surface area (Å²) in [6.07, 6.45) is -0.194. The van der Waals surface area contributed by atoms with Gasteiger partial charge in [-0.2, -0.15) is 0 Å². The first-order chi connectivity index (χ1) is 3.66. The van der Waals surface area contributed by atoms with Crippen LogP contribution in [0.4, 0.5) is 0 Å². The molecule has 0 aliphatic carbocycles. The highest BCUT2D eigenvalue weighted by Crippen LogP contribution is 1.84. The molecule has 0 saturated heterocycles. The molecule has 0 aromatic rings. The van der Waals surface area contributed by atoms with Gasteiger partial charge in [0.05, 0.1) is 6.10 Å². The van der Waals surface area contributed by atoms with Crippen LogP contribution in [-0.2, 0) is 0 Å². The maximum Gasteiger partial charge on any atom is 0.0638 e. The number of likely N-dealkylation sites (N-methyl/N-ethyl adjacent to an activating group) is 1. The summed E-state index contributed by atoms with van der Waals surface area (Å²) in [6.45, 7) is 5.65. The predicted molar refractivity (Wildman–Crippen MR) is 34.9 cm³/mol. The first-order valence-electron chi connectivity index (χ1n) is 3.03. The molecular weight excluding hydrogens is 102 g/mol. The van der Waals surface area contributed by atoms with E-state index in [9.17, 15) is 0 Å². The summed E-state index contributed by atoms with van der Waals surface area (Å²) in [5.41, 5.74) is 0. The van der Waals surface area contributed by atoms with Crippen molar-refractivity contribution in [3.05, 3.63) is 0 Å². The van der Waals surface area contributed by atoms with Crippen LogP contribution in [0.2, 0.25) is 0 Å². The molecule has 0 aliphatic rings. The summed E-state index contributed by atoms with van der Waals surface area (Å²) < 4.78 is 0. The molecular formula is C6H15NO. The zero-order valence-corrected chi connectivity index (χ0v) is 5.89. The van der Waals surface area contributed by atoms with E-state index in [-0.39, 0.29) is 6.10 Å². The minimum atomic E-state index is -0.194. The van der Waals surface area contributed by atoms with Crippen molar-refractivity contribution in [2.24, 2.45) is 0 Å². The lowest BCUT2D eigenvalue weighted by atomic mass is 10.4. The summed E-state index contributed by atoms with van der Waals surface area (Å²) in [5, 5.41) is 8.81. The van der Waals surface area contributed by atoms with Crippen LogP contribution < -0.4 is 0 Å². The Morgan fingerprint density at radius 1 is 1.62 bits per heavy atom. The van der Waals surface area contributed by atoms with Crippen molar-refractivity contribution < 1.29 is 5.11 Å². The van der Waals surface area contributed by atoms with Crippen LogP contribution >= 0.6 is 0 Å². The molecule has 0 aromatic carbocycles. The smallest absolute Gasteiger partial charge is 0.0638 e. The molecule has 0 amide bonds. The van der Waals surface area contributed by atoms with Crippen molar-refractivity contribution in [3.63, 3.8) is 0 Å². The highest BCUT2D eigenvalue weighted by atomic mass is 16.3. The fraction of sp³-hybridized carbons (Fsp3) is 1.00. The van der Waals surface area contributed by atoms with Crippen molar-refractivity contribution in [1.82, 2.24) is 4.90 Å². The molecule has 0 radical (unpaired) electrons. The van der Waals surface area contributed by atoms with Gasteiger partial charge in [0.15, 0.2) is 0 Å². The van der Waals surface area contributed by atoms with Gasteiger partial charge in [-0.15, -0.1) is 0 Å². The third kappa shape index (κ3) is 4.09. The van der Waals surface area contributed by atoms with Gasteiger partial charge >= 0.3 is 0 Å². The quantitative estimate of drug-likeness (QED) is 0.575. The van der Waals surface area contributed by atoms with Crippen molar-refractivity contribution in [1.29, 1.82) is 0 Å². The monoisotopic (exact) mass is 117 g/mol. The largest absolute Gasteiger partial charge is 0.392 e. The molecule has 2 nitrogen and oxygen atoms in total. The number of rotatable bonds is 3. The average molecular weight is 117 g/mol. The van der Waals surface area contributed by atoms with Crippen molar-refractivity contribution in [3.8, 4) is 0 Å². The van der Waals surface area contributed by atoms with Crippen LogP contribution in [0.5, 0.6) is 0 Å².